The molecule has 0 aliphatic carbocycles. The van der Waals surface area contributed by atoms with Gasteiger partial charge < -0.3 is 30.7 Å². The summed E-state index contributed by atoms with van der Waals surface area (Å²) in [5, 5.41) is 10.00. The van der Waals surface area contributed by atoms with Gasteiger partial charge in [0.05, 0.1) is 17.7 Å². The van der Waals surface area contributed by atoms with Crippen LogP contribution in [0.4, 0.5) is 24.8 Å². The molecule has 0 saturated carbocycles. The highest BCUT2D eigenvalue weighted by Gasteiger charge is 2.41. The fraction of sp³-hybridized carbons (Fsp3) is 0.273. The van der Waals surface area contributed by atoms with E-state index in [0.717, 1.165) is 23.4 Å². The molecule has 2 aliphatic rings. The van der Waals surface area contributed by atoms with Crippen LogP contribution in [-0.4, -0.2) is 71.8 Å². The van der Waals surface area contributed by atoms with E-state index in [9.17, 15) is 22.8 Å². The molecule has 1 saturated heterocycles. The molecule has 10 nitrogen and oxygen atoms in total. The number of amides is 2. The Kier molecular flexibility index (Phi) is 8.39. The number of aromatic nitrogens is 2. The smallest absolute Gasteiger partial charge is 0.354 e. The summed E-state index contributed by atoms with van der Waals surface area (Å²) in [5.74, 6) is 1.25. The Balaban J connectivity index is 1.27. The number of halogens is 3. The number of hydrogen-bond donors (Lipinski definition) is 4. The van der Waals surface area contributed by atoms with E-state index in [0.29, 0.717) is 68.0 Å². The van der Waals surface area contributed by atoms with Crippen LogP contribution >= 0.6 is 0 Å². The zero-order chi connectivity index (χ0) is 32.3. The van der Waals surface area contributed by atoms with Gasteiger partial charge in [-0.05, 0) is 18.2 Å². The van der Waals surface area contributed by atoms with Gasteiger partial charge in [0.1, 0.15) is 23.2 Å². The van der Waals surface area contributed by atoms with Crippen LogP contribution < -0.4 is 20.9 Å². The van der Waals surface area contributed by atoms with Crippen molar-refractivity contribution in [1.29, 1.82) is 0 Å². The molecule has 4 heterocycles. The molecule has 13 heteroatoms. The number of amidine groups is 1. The number of fused-ring (bicyclic) bond motifs is 1. The van der Waals surface area contributed by atoms with Gasteiger partial charge in [0.2, 0.25) is 5.91 Å². The number of anilines is 2. The van der Waals surface area contributed by atoms with Crippen LogP contribution in [0.5, 0.6) is 0 Å². The van der Waals surface area contributed by atoms with Crippen LogP contribution in [-0.2, 0) is 16.6 Å². The zero-order valence-corrected chi connectivity index (χ0v) is 25.1. The third kappa shape index (κ3) is 6.25. The number of aliphatic imine (C=N–C) groups is 1. The number of benzene rings is 2. The van der Waals surface area contributed by atoms with Crippen LogP contribution in [0.15, 0.2) is 90.1 Å². The highest BCUT2D eigenvalue weighted by atomic mass is 19.4. The van der Waals surface area contributed by atoms with Crippen LogP contribution in [0.1, 0.15) is 39.7 Å². The number of aromatic amines is 1. The van der Waals surface area contributed by atoms with Gasteiger partial charge in [0.25, 0.3) is 5.91 Å². The van der Waals surface area contributed by atoms with E-state index < -0.39 is 17.4 Å². The summed E-state index contributed by atoms with van der Waals surface area (Å²) < 4.78 is 38.9. The lowest BCUT2D eigenvalue weighted by Gasteiger charge is -2.41. The SMILES string of the molecule is CC(=O)NCCN=C1NC(c2ccccc2)(c2ccccc2)Nc2[nH]c(C(=O)N3CCN(c4ccc(C(F)(F)F)cn4)CC3)cc21. The first-order chi connectivity index (χ1) is 22.1. The first kappa shape index (κ1) is 30.7. The first-order valence-electron chi connectivity index (χ1n) is 14.9. The van der Waals surface area contributed by atoms with Crippen LogP contribution in [0.2, 0.25) is 0 Å². The molecule has 0 atom stereocenters. The molecule has 0 bridgehead atoms. The Bertz CT molecular complexity index is 1680. The van der Waals surface area contributed by atoms with Gasteiger partial charge in [-0.1, -0.05) is 60.7 Å². The van der Waals surface area contributed by atoms with Crippen molar-refractivity contribution in [2.75, 3.05) is 49.5 Å². The fourth-order valence-electron chi connectivity index (χ4n) is 5.72. The fourth-order valence-corrected chi connectivity index (χ4v) is 5.72. The standard InChI is InChI=1S/C33H33F3N8O2/c1-22(45)37-14-15-38-29-26-20-27(31(46)44-18-16-43(17-19-44)28-13-12-25(21-39-28)33(34,35)36)40-30(26)42-32(41-29,23-8-4-2-5-9-23)24-10-6-3-7-11-24/h2-13,20-21,40,42H,14-19H2,1H3,(H,37,45)(H,38,41). The maximum absolute atomic E-state index is 13.8. The number of piperazine rings is 1. The number of H-pyrrole nitrogens is 1. The summed E-state index contributed by atoms with van der Waals surface area (Å²) in [6.45, 7) is 3.69. The number of hydrogen-bond acceptors (Lipinski definition) is 6. The summed E-state index contributed by atoms with van der Waals surface area (Å²) in [5.41, 5.74) is 1.18. The second-order valence-electron chi connectivity index (χ2n) is 11.1. The van der Waals surface area contributed by atoms with Crippen molar-refractivity contribution in [3.05, 3.63) is 113 Å². The van der Waals surface area contributed by atoms with Crippen LogP contribution in [0.3, 0.4) is 0 Å². The number of carbonyl (C=O) groups is 2. The molecule has 0 unspecified atom stereocenters. The number of alkyl halides is 3. The number of carbonyl (C=O) groups excluding carboxylic acids is 2. The highest BCUT2D eigenvalue weighted by Crippen LogP contribution is 2.37. The third-order valence-corrected chi connectivity index (χ3v) is 8.06. The number of nitrogens with zero attached hydrogens (tertiary/aromatic N) is 4. The zero-order valence-electron chi connectivity index (χ0n) is 25.1. The summed E-state index contributed by atoms with van der Waals surface area (Å²) in [4.78, 5) is 40.9. The van der Waals surface area contributed by atoms with Gasteiger partial charge in [-0.15, -0.1) is 0 Å². The van der Waals surface area contributed by atoms with Crippen molar-refractivity contribution >= 4 is 29.3 Å². The maximum atomic E-state index is 13.8. The second kappa shape index (κ2) is 12.6. The van der Waals surface area contributed by atoms with E-state index in [-0.39, 0.29) is 11.8 Å². The second-order valence-corrected chi connectivity index (χ2v) is 11.1. The molecule has 2 aliphatic heterocycles. The molecule has 0 radical (unpaired) electrons. The minimum absolute atomic E-state index is 0.147. The largest absolute Gasteiger partial charge is 0.417 e. The van der Waals surface area contributed by atoms with Gasteiger partial charge in [0, 0.05) is 57.0 Å². The Labute approximate surface area is 263 Å². The minimum atomic E-state index is -4.45. The van der Waals surface area contributed by atoms with Crippen molar-refractivity contribution < 1.29 is 22.8 Å². The van der Waals surface area contributed by atoms with Crippen LogP contribution in [0, 0.1) is 0 Å². The Morgan fingerprint density at radius 1 is 0.935 bits per heavy atom. The topological polar surface area (TPSA) is 118 Å². The average Bonchev–Trinajstić information content (AvgIpc) is 3.51. The average molecular weight is 631 g/mol. The third-order valence-electron chi connectivity index (χ3n) is 8.06. The van der Waals surface area contributed by atoms with Crippen molar-refractivity contribution in [2.24, 2.45) is 4.99 Å². The molecule has 6 rings (SSSR count). The quantitative estimate of drug-likeness (QED) is 0.228. The molecule has 0 spiro atoms. The van der Waals surface area contributed by atoms with Crippen molar-refractivity contribution in [2.45, 2.75) is 18.8 Å². The Morgan fingerprint density at radius 3 is 2.15 bits per heavy atom. The van der Waals surface area contributed by atoms with Gasteiger partial charge in [-0.2, -0.15) is 13.2 Å². The molecule has 2 aromatic carbocycles. The van der Waals surface area contributed by atoms with Crippen molar-refractivity contribution in [3.8, 4) is 0 Å². The summed E-state index contributed by atoms with van der Waals surface area (Å²) in [7, 11) is 0. The van der Waals surface area contributed by atoms with Crippen molar-refractivity contribution in [1.82, 2.24) is 25.5 Å². The number of pyridine rings is 1. The van der Waals surface area contributed by atoms with Gasteiger partial charge in [-0.3, -0.25) is 14.6 Å². The normalized spacial score (nSPS) is 16.7. The predicted molar refractivity (Wildman–Crippen MR) is 169 cm³/mol. The van der Waals surface area contributed by atoms with E-state index in [1.54, 1.807) is 11.0 Å². The van der Waals surface area contributed by atoms with E-state index in [2.05, 4.69) is 25.9 Å². The van der Waals surface area contributed by atoms with Gasteiger partial charge >= 0.3 is 6.18 Å². The molecule has 1 fully saturated rings. The summed E-state index contributed by atoms with van der Waals surface area (Å²) in [6.07, 6.45) is -3.62. The van der Waals surface area contributed by atoms with E-state index in [1.165, 1.54) is 13.0 Å². The number of rotatable bonds is 7. The summed E-state index contributed by atoms with van der Waals surface area (Å²) >= 11 is 0. The molecule has 4 N–H and O–H groups in total. The molecule has 2 amide bonds. The molecule has 2 aromatic heterocycles. The van der Waals surface area contributed by atoms with E-state index in [1.807, 2.05) is 65.6 Å². The summed E-state index contributed by atoms with van der Waals surface area (Å²) in [6, 6.07) is 23.9. The van der Waals surface area contributed by atoms with Crippen LogP contribution in [0.25, 0.3) is 0 Å². The lowest BCUT2D eigenvalue weighted by atomic mass is 9.88. The number of nitrogens with one attached hydrogen (secondary N) is 4. The molecular weight excluding hydrogens is 597 g/mol. The van der Waals surface area contributed by atoms with Gasteiger partial charge in [0.15, 0.2) is 5.66 Å². The Morgan fingerprint density at radius 2 is 1.59 bits per heavy atom. The van der Waals surface area contributed by atoms with Crippen molar-refractivity contribution in [3.63, 3.8) is 0 Å². The van der Waals surface area contributed by atoms with Gasteiger partial charge in [-0.25, -0.2) is 4.98 Å². The minimum Gasteiger partial charge on any atom is -0.354 e. The maximum Gasteiger partial charge on any atom is 0.417 e. The van der Waals surface area contributed by atoms with E-state index >= 15 is 0 Å². The monoisotopic (exact) mass is 630 g/mol. The molecule has 46 heavy (non-hydrogen) atoms. The lowest BCUT2D eigenvalue weighted by Crippen LogP contribution is -2.56. The molecule has 4 aromatic rings. The lowest BCUT2D eigenvalue weighted by molar-refractivity contribution is -0.137. The van der Waals surface area contributed by atoms with E-state index in [4.69, 9.17) is 4.99 Å². The predicted octanol–water partition coefficient (Wildman–Crippen LogP) is 4.19. The highest BCUT2D eigenvalue weighted by molar-refractivity contribution is 6.08. The molecular formula is C33H33F3N8O2. The Hall–Kier alpha value is -5.33. The first-order valence-corrected chi connectivity index (χ1v) is 14.9. The molecule has 238 valence electrons.